The molecule has 0 spiro atoms. The van der Waals surface area contributed by atoms with Crippen LogP contribution < -0.4 is 16.5 Å². The first-order valence-electron chi connectivity index (χ1n) is 18.5. The molecule has 1 aromatic carbocycles. The fourth-order valence-corrected chi connectivity index (χ4v) is 7.76. The number of benzene rings is 1. The number of thiazole rings is 1. The fraction of sp³-hybridized carbons (Fsp3) is 0.525. The maximum atomic E-state index is 16.2. The van der Waals surface area contributed by atoms with Crippen molar-refractivity contribution in [3.8, 4) is 11.3 Å². The molecule has 0 radical (unpaired) electrons. The smallest absolute Gasteiger partial charge is 0.259 e. The number of hydrogen-bond donors (Lipinski definition) is 3. The van der Waals surface area contributed by atoms with Crippen LogP contribution >= 0.6 is 23.6 Å². The zero-order chi connectivity index (χ0) is 39.7. The van der Waals surface area contributed by atoms with Crippen LogP contribution in [-0.2, 0) is 38.4 Å². The molecule has 2 aliphatic rings. The third-order valence-electron chi connectivity index (χ3n) is 9.40. The molecule has 294 valence electrons. The van der Waals surface area contributed by atoms with Crippen LogP contribution in [0.25, 0.3) is 28.2 Å². The molecule has 2 aromatic heterocycles. The van der Waals surface area contributed by atoms with E-state index in [0.717, 1.165) is 22.2 Å². The number of carbonyl (C=O) groups is 2. The third kappa shape index (κ3) is 10.3. The normalized spacial score (nSPS) is 20.0. The van der Waals surface area contributed by atoms with Crippen molar-refractivity contribution in [3.63, 3.8) is 0 Å². The predicted molar refractivity (Wildman–Crippen MR) is 221 cm³/mol. The molecular formula is C40H56FN7O4S2. The summed E-state index contributed by atoms with van der Waals surface area (Å²) in [7, 11) is 3.14. The number of halogens is 1. The number of hydrazine groups is 1. The number of aromatic nitrogens is 2. The minimum absolute atomic E-state index is 0.118. The SMILES string of the molecule is C=CC=N/C(=C/c1c(CC)c2cc(F)c3cc2n1CC(C)(C)COC(=S)C1CCCN(N1)C(=O)C(NC(=O)CC(C)C)Cc1nc-3cs1)C(C)OC.CN. The molecule has 2 aliphatic heterocycles. The molecule has 11 nitrogen and oxygen atoms in total. The van der Waals surface area contributed by atoms with Crippen molar-refractivity contribution in [3.05, 3.63) is 57.9 Å². The quantitative estimate of drug-likeness (QED) is 0.163. The highest BCUT2D eigenvalue weighted by Gasteiger charge is 2.34. The summed E-state index contributed by atoms with van der Waals surface area (Å²) in [5, 5.41) is 8.10. The maximum absolute atomic E-state index is 16.2. The molecule has 4 N–H and O–H groups in total. The first-order valence-corrected chi connectivity index (χ1v) is 19.8. The van der Waals surface area contributed by atoms with Gasteiger partial charge in [-0.25, -0.2) is 14.8 Å². The number of rotatable bonds is 9. The van der Waals surface area contributed by atoms with Gasteiger partial charge in [0, 0.05) is 72.2 Å². The van der Waals surface area contributed by atoms with E-state index in [9.17, 15) is 9.59 Å². The summed E-state index contributed by atoms with van der Waals surface area (Å²) < 4.78 is 30.5. The van der Waals surface area contributed by atoms with Gasteiger partial charge in [0.2, 0.25) is 5.91 Å². The van der Waals surface area contributed by atoms with E-state index in [2.05, 4.69) is 53.4 Å². The number of aliphatic imine (C=N–C) groups is 1. The van der Waals surface area contributed by atoms with Crippen molar-refractivity contribution in [2.75, 3.05) is 27.3 Å². The van der Waals surface area contributed by atoms with Gasteiger partial charge in [-0.2, -0.15) is 0 Å². The summed E-state index contributed by atoms with van der Waals surface area (Å²) in [4.78, 5) is 36.5. The molecule has 54 heavy (non-hydrogen) atoms. The Bertz CT molecular complexity index is 1880. The average molecular weight is 782 g/mol. The lowest BCUT2D eigenvalue weighted by atomic mass is 9.94. The second kappa shape index (κ2) is 19.2. The van der Waals surface area contributed by atoms with Gasteiger partial charge in [-0.1, -0.05) is 47.3 Å². The van der Waals surface area contributed by atoms with Crippen molar-refractivity contribution in [2.24, 2.45) is 22.1 Å². The molecule has 14 heteroatoms. The first kappa shape index (κ1) is 42.9. The summed E-state index contributed by atoms with van der Waals surface area (Å²) in [6.45, 7) is 17.2. The largest absolute Gasteiger partial charge is 0.485 e. The lowest BCUT2D eigenvalue weighted by Crippen LogP contribution is -2.60. The lowest BCUT2D eigenvalue weighted by Gasteiger charge is -2.36. The number of fused-ring (bicyclic) bond motifs is 6. The number of allylic oxidation sites excluding steroid dienone is 1. The van der Waals surface area contributed by atoms with E-state index in [-0.39, 0.29) is 42.7 Å². The Balaban J connectivity index is 0.00000319. The summed E-state index contributed by atoms with van der Waals surface area (Å²) >= 11 is 7.15. The van der Waals surface area contributed by atoms with Gasteiger partial charge in [0.1, 0.15) is 11.9 Å². The highest BCUT2D eigenvalue weighted by atomic mass is 32.1. The van der Waals surface area contributed by atoms with Gasteiger partial charge < -0.3 is 25.1 Å². The number of nitrogens with two attached hydrogens (primary N) is 1. The number of amides is 2. The third-order valence-corrected chi connectivity index (χ3v) is 10.7. The number of nitrogens with zero attached hydrogens (tertiary/aromatic N) is 4. The van der Waals surface area contributed by atoms with Crippen LogP contribution in [0.3, 0.4) is 0 Å². The Labute approximate surface area is 328 Å². The minimum atomic E-state index is -0.873. The molecule has 1 saturated heterocycles. The molecular weight excluding hydrogens is 726 g/mol. The number of ether oxygens (including phenoxy) is 2. The van der Waals surface area contributed by atoms with Crippen molar-refractivity contribution in [2.45, 2.75) is 98.4 Å². The minimum Gasteiger partial charge on any atom is -0.485 e. The van der Waals surface area contributed by atoms with Crippen molar-refractivity contribution < 1.29 is 23.5 Å². The number of hydrogen-bond acceptors (Lipinski definition) is 10. The van der Waals surface area contributed by atoms with Crippen molar-refractivity contribution >= 4 is 63.6 Å². The Kier molecular flexibility index (Phi) is 15.2. The van der Waals surface area contributed by atoms with Crippen LogP contribution in [0.2, 0.25) is 0 Å². The summed E-state index contributed by atoms with van der Waals surface area (Å²) in [6.07, 6.45) is 7.48. The second-order valence-corrected chi connectivity index (χ2v) is 16.1. The molecule has 3 aromatic rings. The fourth-order valence-electron chi connectivity index (χ4n) is 6.69. The molecule has 3 unspecified atom stereocenters. The van der Waals surface area contributed by atoms with Crippen LogP contribution in [0.1, 0.15) is 77.1 Å². The molecule has 0 saturated carbocycles. The Morgan fingerprint density at radius 2 is 2.07 bits per heavy atom. The number of methoxy groups -OCH3 is 1. The van der Waals surface area contributed by atoms with Crippen LogP contribution in [-0.4, -0.2) is 83.1 Å². The first-order chi connectivity index (χ1) is 25.7. The van der Waals surface area contributed by atoms with Gasteiger partial charge in [-0.3, -0.25) is 19.6 Å². The Morgan fingerprint density at radius 1 is 1.33 bits per heavy atom. The molecule has 6 bridgehead atoms. The van der Waals surface area contributed by atoms with Crippen LogP contribution in [0.5, 0.6) is 0 Å². The van der Waals surface area contributed by atoms with Gasteiger partial charge in [-0.05, 0) is 75.1 Å². The average Bonchev–Trinajstić information content (AvgIpc) is 3.72. The number of thiocarbonyl (C=S) groups is 1. The standard InChI is InChI=1S/C39H51FN6O4S2.CH5N/c1-9-13-41-30(24(5)49-8)18-34-25(10-2)26-16-28(40)27-17-33(26)45(34)21-39(6,7)22-50-38(51)29-12-11-14-46(44-29)37(48)31(42-35(47)15-23(3)4)19-36-43-32(27)20-52-36;1-2/h9,13,16-18,20,23-24,29,31,44H,1,10-12,14-15,19,21-22H2,2-8H3,(H,42,47);2H2,1H3/b30-18+,41-13?;. The Hall–Kier alpha value is -3.82. The van der Waals surface area contributed by atoms with Crippen LogP contribution in [0.4, 0.5) is 4.39 Å². The monoisotopic (exact) mass is 781 g/mol. The van der Waals surface area contributed by atoms with Gasteiger partial charge in [-0.15, -0.1) is 11.3 Å². The van der Waals surface area contributed by atoms with Crippen LogP contribution in [0, 0.1) is 17.2 Å². The van der Waals surface area contributed by atoms with Gasteiger partial charge in [0.25, 0.3) is 5.91 Å². The maximum Gasteiger partial charge on any atom is 0.259 e. The molecule has 5 rings (SSSR count). The highest BCUT2D eigenvalue weighted by molar-refractivity contribution is 7.80. The van der Waals surface area contributed by atoms with Crippen molar-refractivity contribution in [1.82, 2.24) is 25.3 Å². The van der Waals surface area contributed by atoms with E-state index >= 15 is 4.39 Å². The van der Waals surface area contributed by atoms with E-state index in [4.69, 9.17) is 26.7 Å². The molecule has 4 heterocycles. The zero-order valence-corrected chi connectivity index (χ0v) is 34.5. The number of nitrogens with one attached hydrogen (secondary N) is 2. The molecule has 1 fully saturated rings. The summed E-state index contributed by atoms with van der Waals surface area (Å²) in [5.74, 6) is -0.770. The molecule has 0 aliphatic carbocycles. The van der Waals surface area contributed by atoms with Crippen molar-refractivity contribution in [1.29, 1.82) is 0 Å². The summed E-state index contributed by atoms with van der Waals surface area (Å²) in [6, 6.07) is 2.23. The lowest BCUT2D eigenvalue weighted by molar-refractivity contribution is -0.141. The Morgan fingerprint density at radius 3 is 2.74 bits per heavy atom. The highest BCUT2D eigenvalue weighted by Crippen LogP contribution is 2.37. The topological polar surface area (TPSA) is 136 Å². The van der Waals surface area contributed by atoms with E-state index < -0.39 is 17.3 Å². The second-order valence-electron chi connectivity index (χ2n) is 14.7. The van der Waals surface area contributed by atoms with Gasteiger partial charge in [0.05, 0.1) is 35.2 Å². The van der Waals surface area contributed by atoms with E-state index in [1.807, 2.05) is 38.3 Å². The van der Waals surface area contributed by atoms with Gasteiger partial charge in [0.15, 0.2) is 5.05 Å². The number of carbonyl (C=O) groups excluding carboxylic acids is 2. The zero-order valence-electron chi connectivity index (χ0n) is 32.8. The summed E-state index contributed by atoms with van der Waals surface area (Å²) in [5.41, 5.74) is 11.6. The van der Waals surface area contributed by atoms with E-state index in [1.165, 1.54) is 18.4 Å². The van der Waals surface area contributed by atoms with Gasteiger partial charge >= 0.3 is 0 Å². The predicted octanol–water partition coefficient (Wildman–Crippen LogP) is 6.63. The van der Waals surface area contributed by atoms with E-state index in [0.29, 0.717) is 66.0 Å². The van der Waals surface area contributed by atoms with Crippen LogP contribution in [0.15, 0.2) is 40.9 Å². The molecule has 2 amide bonds. The van der Waals surface area contributed by atoms with E-state index in [1.54, 1.807) is 30.5 Å². The molecule has 3 atom stereocenters. The number of aryl methyl sites for hydroxylation is 1.